The molecule has 1 aliphatic rings. The van der Waals surface area contributed by atoms with Gasteiger partial charge in [-0.05, 0) is 25.7 Å². The molecule has 0 amide bonds. The summed E-state index contributed by atoms with van der Waals surface area (Å²) < 4.78 is 0. The van der Waals surface area contributed by atoms with Crippen LogP contribution in [-0.2, 0) is 0 Å². The van der Waals surface area contributed by atoms with Crippen LogP contribution in [0.1, 0.15) is 39.0 Å². The number of aliphatic hydroxyl groups is 1. The minimum absolute atomic E-state index is 0.107. The third-order valence-electron chi connectivity index (χ3n) is 2.45. The molecule has 1 nitrogen and oxygen atoms in total. The van der Waals surface area contributed by atoms with Crippen LogP contribution in [0, 0.1) is 5.92 Å². The van der Waals surface area contributed by atoms with Gasteiger partial charge < -0.3 is 5.11 Å². The van der Waals surface area contributed by atoms with Crippen LogP contribution in [0.25, 0.3) is 0 Å². The van der Waals surface area contributed by atoms with Gasteiger partial charge in [-0.25, -0.2) is 0 Å². The Labute approximate surface area is 69.1 Å². The van der Waals surface area contributed by atoms with E-state index in [4.69, 9.17) is 0 Å². The molecule has 0 radical (unpaired) electrons. The van der Waals surface area contributed by atoms with Crippen molar-refractivity contribution >= 4 is 0 Å². The molecule has 0 saturated heterocycles. The van der Waals surface area contributed by atoms with Gasteiger partial charge in [0.1, 0.15) is 0 Å². The number of aliphatic hydroxyl groups excluding tert-OH is 1. The lowest BCUT2D eigenvalue weighted by atomic mass is 9.96. The van der Waals surface area contributed by atoms with Gasteiger partial charge >= 0.3 is 0 Å². The van der Waals surface area contributed by atoms with E-state index < -0.39 is 0 Å². The average molecular weight is 154 g/mol. The molecule has 0 aromatic rings. The highest BCUT2D eigenvalue weighted by atomic mass is 16.3. The topological polar surface area (TPSA) is 20.2 Å². The molecule has 0 fully saturated rings. The maximum Gasteiger partial charge on any atom is 0.0600 e. The molecule has 0 aromatic carbocycles. The maximum atomic E-state index is 9.56. The van der Waals surface area contributed by atoms with Crippen LogP contribution in [0.2, 0.25) is 0 Å². The summed E-state index contributed by atoms with van der Waals surface area (Å²) in [4.78, 5) is 0. The molecule has 0 saturated carbocycles. The van der Waals surface area contributed by atoms with E-state index in [0.717, 1.165) is 6.42 Å². The molecular formula is C10H18O. The summed E-state index contributed by atoms with van der Waals surface area (Å²) in [5.74, 6) is 0.433. The van der Waals surface area contributed by atoms with Gasteiger partial charge in [-0.1, -0.05) is 25.5 Å². The highest BCUT2D eigenvalue weighted by Crippen LogP contribution is 2.21. The fourth-order valence-electron chi connectivity index (χ4n) is 1.63. The first kappa shape index (κ1) is 8.79. The van der Waals surface area contributed by atoms with Crippen molar-refractivity contribution < 1.29 is 5.11 Å². The molecule has 0 aliphatic heterocycles. The van der Waals surface area contributed by atoms with Gasteiger partial charge in [0.25, 0.3) is 0 Å². The van der Waals surface area contributed by atoms with Crippen LogP contribution in [0.3, 0.4) is 0 Å². The first-order valence-electron chi connectivity index (χ1n) is 4.69. The normalized spacial score (nSPS) is 28.0. The van der Waals surface area contributed by atoms with Gasteiger partial charge in [-0.2, -0.15) is 0 Å². The Kier molecular flexibility index (Phi) is 3.64. The summed E-state index contributed by atoms with van der Waals surface area (Å²) in [6.45, 7) is 2.05. The van der Waals surface area contributed by atoms with E-state index in [9.17, 15) is 5.11 Å². The number of hydrogen-bond donors (Lipinski definition) is 1. The quantitative estimate of drug-likeness (QED) is 0.606. The maximum absolute atomic E-state index is 9.56. The van der Waals surface area contributed by atoms with Crippen molar-refractivity contribution in [2.24, 2.45) is 5.92 Å². The van der Waals surface area contributed by atoms with E-state index in [1.807, 2.05) is 6.92 Å². The monoisotopic (exact) mass is 154 g/mol. The highest BCUT2D eigenvalue weighted by molar-refractivity contribution is 4.93. The molecule has 11 heavy (non-hydrogen) atoms. The molecule has 64 valence electrons. The Hall–Kier alpha value is -0.300. The summed E-state index contributed by atoms with van der Waals surface area (Å²) in [6, 6.07) is 0. The molecule has 1 rings (SSSR count). The standard InChI is InChI=1S/C10H18O/c1-2-10(11)9-7-5-3-4-6-8-9/h5,7,9-11H,2-4,6,8H2,1H3. The second kappa shape index (κ2) is 4.55. The average Bonchev–Trinajstić information content (AvgIpc) is 2.30. The first-order chi connectivity index (χ1) is 5.34. The Balaban J connectivity index is 2.41. The van der Waals surface area contributed by atoms with Gasteiger partial charge in [0, 0.05) is 5.92 Å². The van der Waals surface area contributed by atoms with Crippen LogP contribution in [0.5, 0.6) is 0 Å². The van der Waals surface area contributed by atoms with E-state index in [2.05, 4.69) is 12.2 Å². The Morgan fingerprint density at radius 1 is 1.55 bits per heavy atom. The van der Waals surface area contributed by atoms with Crippen LogP contribution >= 0.6 is 0 Å². The predicted molar refractivity (Wildman–Crippen MR) is 47.4 cm³/mol. The zero-order valence-electron chi connectivity index (χ0n) is 7.29. The van der Waals surface area contributed by atoms with Crippen molar-refractivity contribution in [1.29, 1.82) is 0 Å². The van der Waals surface area contributed by atoms with E-state index in [1.165, 1.54) is 25.7 Å². The fraction of sp³-hybridized carbons (Fsp3) is 0.800. The van der Waals surface area contributed by atoms with Crippen molar-refractivity contribution in [2.45, 2.75) is 45.1 Å². The second-order valence-electron chi connectivity index (χ2n) is 3.35. The van der Waals surface area contributed by atoms with Crippen molar-refractivity contribution in [3.05, 3.63) is 12.2 Å². The zero-order chi connectivity index (χ0) is 8.10. The van der Waals surface area contributed by atoms with Crippen molar-refractivity contribution in [3.63, 3.8) is 0 Å². The fourth-order valence-corrected chi connectivity index (χ4v) is 1.63. The van der Waals surface area contributed by atoms with Crippen LogP contribution in [0.4, 0.5) is 0 Å². The molecule has 1 aliphatic carbocycles. The van der Waals surface area contributed by atoms with E-state index >= 15 is 0 Å². The van der Waals surface area contributed by atoms with E-state index in [1.54, 1.807) is 0 Å². The lowest BCUT2D eigenvalue weighted by molar-refractivity contribution is 0.121. The lowest BCUT2D eigenvalue weighted by Crippen LogP contribution is -2.16. The van der Waals surface area contributed by atoms with Gasteiger partial charge in [-0.15, -0.1) is 0 Å². The molecule has 2 unspecified atom stereocenters. The van der Waals surface area contributed by atoms with Crippen LogP contribution in [0.15, 0.2) is 12.2 Å². The highest BCUT2D eigenvalue weighted by Gasteiger charge is 2.14. The molecule has 0 bridgehead atoms. The Morgan fingerprint density at radius 3 is 3.09 bits per heavy atom. The molecule has 2 atom stereocenters. The predicted octanol–water partition coefficient (Wildman–Crippen LogP) is 2.50. The number of allylic oxidation sites excluding steroid dienone is 1. The summed E-state index contributed by atoms with van der Waals surface area (Å²) in [6.07, 6.45) is 10.1. The minimum Gasteiger partial charge on any atom is -0.393 e. The molecule has 0 heterocycles. The number of rotatable bonds is 2. The van der Waals surface area contributed by atoms with Gasteiger partial charge in [-0.3, -0.25) is 0 Å². The SMILES string of the molecule is CCC(O)C1C=CCCCC1. The first-order valence-corrected chi connectivity index (χ1v) is 4.69. The molecule has 1 N–H and O–H groups in total. The molecular weight excluding hydrogens is 136 g/mol. The van der Waals surface area contributed by atoms with E-state index in [0.29, 0.717) is 5.92 Å². The van der Waals surface area contributed by atoms with E-state index in [-0.39, 0.29) is 6.10 Å². The van der Waals surface area contributed by atoms with Gasteiger partial charge in [0.2, 0.25) is 0 Å². The third-order valence-corrected chi connectivity index (χ3v) is 2.45. The summed E-state index contributed by atoms with van der Waals surface area (Å²) in [5, 5.41) is 9.56. The summed E-state index contributed by atoms with van der Waals surface area (Å²) >= 11 is 0. The summed E-state index contributed by atoms with van der Waals surface area (Å²) in [5.41, 5.74) is 0. The second-order valence-corrected chi connectivity index (χ2v) is 3.35. The van der Waals surface area contributed by atoms with Gasteiger partial charge in [0.15, 0.2) is 0 Å². The molecule has 0 spiro atoms. The van der Waals surface area contributed by atoms with Crippen LogP contribution in [-0.4, -0.2) is 11.2 Å². The van der Waals surface area contributed by atoms with Crippen molar-refractivity contribution in [3.8, 4) is 0 Å². The summed E-state index contributed by atoms with van der Waals surface area (Å²) in [7, 11) is 0. The third kappa shape index (κ3) is 2.66. The lowest BCUT2D eigenvalue weighted by Gasteiger charge is -2.16. The smallest absolute Gasteiger partial charge is 0.0600 e. The van der Waals surface area contributed by atoms with Gasteiger partial charge in [0.05, 0.1) is 6.10 Å². The zero-order valence-corrected chi connectivity index (χ0v) is 7.29. The molecule has 0 aromatic heterocycles. The minimum atomic E-state index is -0.107. The Bertz CT molecular complexity index is 129. The largest absolute Gasteiger partial charge is 0.393 e. The number of hydrogen-bond acceptors (Lipinski definition) is 1. The van der Waals surface area contributed by atoms with Crippen molar-refractivity contribution in [1.82, 2.24) is 0 Å². The van der Waals surface area contributed by atoms with Crippen LogP contribution < -0.4 is 0 Å². The van der Waals surface area contributed by atoms with Crippen molar-refractivity contribution in [2.75, 3.05) is 0 Å². The molecule has 1 heteroatoms. The Morgan fingerprint density at radius 2 is 2.36 bits per heavy atom.